The third kappa shape index (κ3) is 4.51. The van der Waals surface area contributed by atoms with Crippen LogP contribution in [0.4, 0.5) is 15.8 Å². The number of amides is 1. The van der Waals surface area contributed by atoms with Crippen LogP contribution in [0.2, 0.25) is 10.0 Å². The van der Waals surface area contributed by atoms with E-state index in [1.165, 1.54) is 42.5 Å². The van der Waals surface area contributed by atoms with Crippen LogP contribution < -0.4 is 5.32 Å². The van der Waals surface area contributed by atoms with E-state index in [0.29, 0.717) is 11.3 Å². The molecule has 0 heterocycles. The Hall–Kier alpha value is -2.44. The number of rotatable bonds is 4. The highest BCUT2D eigenvalue weighted by Crippen LogP contribution is 2.25. The number of hydrogen-bond donors (Lipinski definition) is 1. The molecule has 0 aliphatic heterocycles. The predicted octanol–water partition coefficient (Wildman–Crippen LogP) is 4.69. The minimum Gasteiger partial charge on any atom is -0.322 e. The van der Waals surface area contributed by atoms with E-state index >= 15 is 0 Å². The van der Waals surface area contributed by atoms with Crippen molar-refractivity contribution in [2.24, 2.45) is 0 Å². The lowest BCUT2D eigenvalue weighted by molar-refractivity contribution is -0.384. The van der Waals surface area contributed by atoms with Crippen LogP contribution in [0.25, 0.3) is 6.08 Å². The fourth-order valence-electron chi connectivity index (χ4n) is 1.70. The summed E-state index contributed by atoms with van der Waals surface area (Å²) in [6.45, 7) is 0. The molecule has 0 aliphatic carbocycles. The molecule has 2 aromatic rings. The summed E-state index contributed by atoms with van der Waals surface area (Å²) in [5.74, 6) is -1.08. The molecule has 1 N–H and O–H groups in total. The first kappa shape index (κ1) is 16.9. The van der Waals surface area contributed by atoms with Gasteiger partial charge in [-0.25, -0.2) is 4.39 Å². The Kier molecular flexibility index (Phi) is 5.31. The molecule has 2 rings (SSSR count). The average Bonchev–Trinajstić information content (AvgIpc) is 2.50. The van der Waals surface area contributed by atoms with Crippen molar-refractivity contribution in [3.63, 3.8) is 0 Å². The molecule has 1 amide bonds. The largest absolute Gasteiger partial charge is 0.322 e. The van der Waals surface area contributed by atoms with E-state index < -0.39 is 16.6 Å². The second-order valence-electron chi connectivity index (χ2n) is 4.42. The molecule has 0 atom stereocenters. The van der Waals surface area contributed by atoms with E-state index in [2.05, 4.69) is 5.32 Å². The van der Waals surface area contributed by atoms with Crippen LogP contribution in [0.15, 0.2) is 42.5 Å². The number of carbonyl (C=O) groups is 1. The Balaban J connectivity index is 2.10. The van der Waals surface area contributed by atoms with Crippen molar-refractivity contribution in [3.8, 4) is 0 Å². The SMILES string of the molecule is O=C(C=Cc1ccc(Cl)c([N+](=O)[O-])c1)Nc1ccc(F)c(Cl)c1. The lowest BCUT2D eigenvalue weighted by atomic mass is 10.2. The molecule has 0 saturated carbocycles. The molecule has 0 spiro atoms. The third-order valence-electron chi connectivity index (χ3n) is 2.78. The van der Waals surface area contributed by atoms with Crippen molar-refractivity contribution in [3.05, 3.63) is 74.0 Å². The van der Waals surface area contributed by atoms with Crippen molar-refractivity contribution in [1.29, 1.82) is 0 Å². The fourth-order valence-corrected chi connectivity index (χ4v) is 2.07. The minimum absolute atomic E-state index is 0.0116. The van der Waals surface area contributed by atoms with Crippen molar-refractivity contribution < 1.29 is 14.1 Å². The van der Waals surface area contributed by atoms with E-state index in [-0.39, 0.29) is 15.7 Å². The maximum absolute atomic E-state index is 13.0. The predicted molar refractivity (Wildman–Crippen MR) is 87.2 cm³/mol. The van der Waals surface area contributed by atoms with Gasteiger partial charge in [-0.2, -0.15) is 0 Å². The van der Waals surface area contributed by atoms with Gasteiger partial charge in [0.1, 0.15) is 10.8 Å². The standard InChI is InChI=1S/C15H9Cl2FN2O3/c16-11-4-1-9(7-14(11)20(22)23)2-6-15(21)19-10-3-5-13(18)12(17)8-10/h1-8H,(H,19,21). The van der Waals surface area contributed by atoms with Gasteiger partial charge in [0, 0.05) is 17.8 Å². The molecule has 0 aromatic heterocycles. The lowest BCUT2D eigenvalue weighted by Gasteiger charge is -2.03. The lowest BCUT2D eigenvalue weighted by Crippen LogP contribution is -2.07. The number of halogens is 3. The van der Waals surface area contributed by atoms with Gasteiger partial charge >= 0.3 is 0 Å². The van der Waals surface area contributed by atoms with E-state index in [9.17, 15) is 19.3 Å². The molecule has 0 radical (unpaired) electrons. The molecule has 5 nitrogen and oxygen atoms in total. The van der Waals surface area contributed by atoms with Crippen LogP contribution in [-0.2, 0) is 4.79 Å². The topological polar surface area (TPSA) is 72.2 Å². The molecule has 0 saturated heterocycles. The van der Waals surface area contributed by atoms with Gasteiger partial charge in [-0.1, -0.05) is 29.3 Å². The average molecular weight is 355 g/mol. The maximum atomic E-state index is 13.0. The number of nitrogens with one attached hydrogen (secondary N) is 1. The van der Waals surface area contributed by atoms with Crippen LogP contribution in [0.1, 0.15) is 5.56 Å². The summed E-state index contributed by atoms with van der Waals surface area (Å²) in [4.78, 5) is 21.9. The minimum atomic E-state index is -0.611. The normalized spacial score (nSPS) is 10.7. The Morgan fingerprint density at radius 2 is 1.91 bits per heavy atom. The van der Waals surface area contributed by atoms with Gasteiger partial charge in [0.05, 0.1) is 9.95 Å². The van der Waals surface area contributed by atoms with E-state index in [4.69, 9.17) is 23.2 Å². The van der Waals surface area contributed by atoms with Crippen LogP contribution in [0.3, 0.4) is 0 Å². The van der Waals surface area contributed by atoms with E-state index in [1.807, 2.05) is 0 Å². The monoisotopic (exact) mass is 354 g/mol. The number of nitrogens with zero attached hydrogens (tertiary/aromatic N) is 1. The molecule has 118 valence electrons. The van der Waals surface area contributed by atoms with Crippen molar-refractivity contribution >= 4 is 46.6 Å². The van der Waals surface area contributed by atoms with Gasteiger partial charge in [0.25, 0.3) is 5.69 Å². The molecule has 23 heavy (non-hydrogen) atoms. The summed E-state index contributed by atoms with van der Waals surface area (Å²) in [6, 6.07) is 7.92. The highest BCUT2D eigenvalue weighted by atomic mass is 35.5. The van der Waals surface area contributed by atoms with E-state index in [1.54, 1.807) is 0 Å². The van der Waals surface area contributed by atoms with Crippen molar-refractivity contribution in [2.45, 2.75) is 0 Å². The Labute approximate surface area is 140 Å². The van der Waals surface area contributed by atoms with Crippen LogP contribution in [-0.4, -0.2) is 10.8 Å². The Morgan fingerprint density at radius 3 is 2.57 bits per heavy atom. The molecule has 8 heteroatoms. The Bertz CT molecular complexity index is 809. The quantitative estimate of drug-likeness (QED) is 0.491. The summed E-state index contributed by atoms with van der Waals surface area (Å²) in [6.07, 6.45) is 2.58. The summed E-state index contributed by atoms with van der Waals surface area (Å²) < 4.78 is 13.0. The second kappa shape index (κ2) is 7.21. The molecular weight excluding hydrogens is 346 g/mol. The van der Waals surface area contributed by atoms with Gasteiger partial charge in [0.2, 0.25) is 5.91 Å². The molecule has 0 fully saturated rings. The molecule has 0 bridgehead atoms. The van der Waals surface area contributed by atoms with Crippen molar-refractivity contribution in [2.75, 3.05) is 5.32 Å². The van der Waals surface area contributed by atoms with Gasteiger partial charge in [-0.3, -0.25) is 14.9 Å². The van der Waals surface area contributed by atoms with Crippen LogP contribution in [0.5, 0.6) is 0 Å². The molecule has 0 aliphatic rings. The van der Waals surface area contributed by atoms with E-state index in [0.717, 1.165) is 6.07 Å². The second-order valence-corrected chi connectivity index (χ2v) is 5.23. The number of anilines is 1. The van der Waals surface area contributed by atoms with Gasteiger partial charge in [0.15, 0.2) is 0 Å². The number of carbonyl (C=O) groups excluding carboxylic acids is 1. The van der Waals surface area contributed by atoms with Crippen molar-refractivity contribution in [1.82, 2.24) is 0 Å². The molecule has 2 aromatic carbocycles. The highest BCUT2D eigenvalue weighted by Gasteiger charge is 2.11. The summed E-state index contributed by atoms with van der Waals surface area (Å²) >= 11 is 11.3. The zero-order chi connectivity index (χ0) is 17.0. The highest BCUT2D eigenvalue weighted by molar-refractivity contribution is 6.32. The summed E-state index contributed by atoms with van der Waals surface area (Å²) in [7, 11) is 0. The zero-order valence-electron chi connectivity index (χ0n) is 11.4. The fraction of sp³-hybridized carbons (Fsp3) is 0. The zero-order valence-corrected chi connectivity index (χ0v) is 12.9. The van der Waals surface area contributed by atoms with Crippen LogP contribution >= 0.6 is 23.2 Å². The van der Waals surface area contributed by atoms with Gasteiger partial charge in [-0.15, -0.1) is 0 Å². The molecule has 0 unspecified atom stereocenters. The first-order chi connectivity index (χ1) is 10.9. The number of nitro groups is 1. The smallest absolute Gasteiger partial charge is 0.288 e. The van der Waals surface area contributed by atoms with Crippen LogP contribution in [0, 0.1) is 15.9 Å². The summed E-state index contributed by atoms with van der Waals surface area (Å²) in [5.41, 5.74) is 0.515. The number of hydrogen-bond acceptors (Lipinski definition) is 3. The first-order valence-corrected chi connectivity index (χ1v) is 7.00. The summed E-state index contributed by atoms with van der Waals surface area (Å²) in [5, 5.41) is 13.2. The molecular formula is C15H9Cl2FN2O3. The van der Waals surface area contributed by atoms with Gasteiger partial charge < -0.3 is 5.32 Å². The third-order valence-corrected chi connectivity index (χ3v) is 3.39. The number of benzene rings is 2. The maximum Gasteiger partial charge on any atom is 0.288 e. The van der Waals surface area contributed by atoms with Gasteiger partial charge in [-0.05, 0) is 35.9 Å². The number of nitro benzene ring substituents is 1. The first-order valence-electron chi connectivity index (χ1n) is 6.25. The Morgan fingerprint density at radius 1 is 1.17 bits per heavy atom.